The summed E-state index contributed by atoms with van der Waals surface area (Å²) in [6, 6.07) is 2.61. The molecule has 17 nitrogen and oxygen atoms in total. The molecule has 17 heteroatoms. The molecular formula is C56H92N2O15. The fraction of sp³-hybridized carbons (Fsp3) is 0.964. The summed E-state index contributed by atoms with van der Waals surface area (Å²) in [4.78, 5) is 0. The van der Waals surface area contributed by atoms with Crippen LogP contribution in [0.2, 0.25) is 0 Å². The van der Waals surface area contributed by atoms with Crippen LogP contribution in [0.25, 0.3) is 0 Å². The molecule has 0 radical (unpaired) electrons. The highest BCUT2D eigenvalue weighted by Crippen LogP contribution is 2.75. The zero-order valence-corrected chi connectivity index (χ0v) is 46.3. The van der Waals surface area contributed by atoms with Gasteiger partial charge in [0.15, 0.2) is 11.6 Å². The molecule has 10 fully saturated rings. The second kappa shape index (κ2) is 20.2. The number of hydrogen-bond donors (Lipinski definition) is 3. The summed E-state index contributed by atoms with van der Waals surface area (Å²) in [6.07, 6.45) is 11.6. The number of methoxy groups -OCH3 is 4. The van der Waals surface area contributed by atoms with Gasteiger partial charge < -0.3 is 72.3 Å². The van der Waals surface area contributed by atoms with Crippen LogP contribution in [0.15, 0.2) is 5.16 Å². The molecule has 2 spiro atoms. The number of oxime groups is 1. The minimum absolute atomic E-state index is 0.0298. The van der Waals surface area contributed by atoms with Crippen LogP contribution in [0.3, 0.4) is 0 Å². The fourth-order valence-electron chi connectivity index (χ4n) is 19.2. The normalized spacial score (nSPS) is 51.1. The van der Waals surface area contributed by atoms with E-state index < -0.39 is 50.2 Å². The van der Waals surface area contributed by atoms with Crippen molar-refractivity contribution in [3.05, 3.63) is 0 Å². The number of rotatable bonds is 13. The van der Waals surface area contributed by atoms with Gasteiger partial charge in [-0.25, -0.2) is 0 Å². The van der Waals surface area contributed by atoms with E-state index in [1.54, 1.807) is 34.7 Å². The summed E-state index contributed by atoms with van der Waals surface area (Å²) in [5.41, 5.74) is -4.94. The Morgan fingerprint density at radius 2 is 1.04 bits per heavy atom. The van der Waals surface area contributed by atoms with E-state index in [-0.39, 0.29) is 92.5 Å². The van der Waals surface area contributed by atoms with E-state index in [4.69, 9.17) is 56.8 Å². The molecule has 4 unspecified atom stereocenters. The maximum Gasteiger partial charge on any atom is 0.163 e. The molecule has 416 valence electrons. The summed E-state index contributed by atoms with van der Waals surface area (Å²) < 4.78 is 74.5. The van der Waals surface area contributed by atoms with Gasteiger partial charge in [0, 0.05) is 63.2 Å². The predicted molar refractivity (Wildman–Crippen MR) is 265 cm³/mol. The lowest BCUT2D eigenvalue weighted by Crippen LogP contribution is -2.78. The zero-order valence-electron chi connectivity index (χ0n) is 46.3. The van der Waals surface area contributed by atoms with Gasteiger partial charge in [0.1, 0.15) is 27.2 Å². The zero-order chi connectivity index (χ0) is 52.7. The molecule has 8 saturated carbocycles. The van der Waals surface area contributed by atoms with Gasteiger partial charge in [0.25, 0.3) is 0 Å². The first-order valence-corrected chi connectivity index (χ1v) is 27.7. The molecule has 2 saturated heterocycles. The van der Waals surface area contributed by atoms with Gasteiger partial charge in [-0.2, -0.15) is 5.26 Å². The Morgan fingerprint density at radius 1 is 0.603 bits per heavy atom. The highest BCUT2D eigenvalue weighted by Gasteiger charge is 2.79. The van der Waals surface area contributed by atoms with E-state index in [9.17, 15) is 20.7 Å². The Balaban J connectivity index is 0.000000180. The van der Waals surface area contributed by atoms with Crippen molar-refractivity contribution in [2.75, 3.05) is 68.8 Å². The average molecular weight is 1030 g/mol. The maximum absolute atomic E-state index is 12.5. The van der Waals surface area contributed by atoms with Gasteiger partial charge in [0.05, 0.1) is 82.9 Å². The highest BCUT2D eigenvalue weighted by molar-refractivity contribution is 5.63. The van der Waals surface area contributed by atoms with Crippen LogP contribution in [-0.4, -0.2) is 149 Å². The number of ether oxygens (including phenoxy) is 12. The van der Waals surface area contributed by atoms with Crippen molar-refractivity contribution in [1.29, 1.82) is 5.26 Å². The van der Waals surface area contributed by atoms with Gasteiger partial charge in [-0.15, -0.1) is 5.16 Å². The fourth-order valence-corrected chi connectivity index (χ4v) is 19.2. The molecule has 10 aliphatic rings. The van der Waals surface area contributed by atoms with Gasteiger partial charge >= 0.3 is 0 Å². The van der Waals surface area contributed by atoms with E-state index >= 15 is 0 Å². The van der Waals surface area contributed by atoms with Crippen molar-refractivity contribution in [3.8, 4) is 6.07 Å². The first-order valence-electron chi connectivity index (χ1n) is 27.7. The van der Waals surface area contributed by atoms with E-state index in [0.717, 1.165) is 64.2 Å². The number of aliphatic hydroxyl groups is 2. The average Bonchev–Trinajstić information content (AvgIpc) is 3.78. The molecule has 10 rings (SSSR count). The molecule has 3 N–H and O–H groups in total. The Hall–Kier alpha value is -1.60. The van der Waals surface area contributed by atoms with Gasteiger partial charge in [-0.1, -0.05) is 27.7 Å². The number of fused-ring (bicyclic) bond motifs is 6. The third-order valence-corrected chi connectivity index (χ3v) is 21.9. The topological polar surface area (TPSA) is 208 Å². The minimum Gasteiger partial charge on any atom is -0.411 e. The molecule has 73 heavy (non-hydrogen) atoms. The first kappa shape index (κ1) is 56.1. The lowest BCUT2D eigenvalue weighted by atomic mass is 9.39. The third-order valence-electron chi connectivity index (χ3n) is 21.9. The Kier molecular flexibility index (Phi) is 15.6. The summed E-state index contributed by atoms with van der Waals surface area (Å²) in [7, 11) is 6.58. The summed E-state index contributed by atoms with van der Waals surface area (Å²) in [6.45, 7) is 18.3. The summed E-state index contributed by atoms with van der Waals surface area (Å²) in [5.74, 6) is -0.837. The number of hydrogen-bond acceptors (Lipinski definition) is 17. The van der Waals surface area contributed by atoms with Gasteiger partial charge in [-0.3, -0.25) is 0 Å². The van der Waals surface area contributed by atoms with E-state index in [2.05, 4.69) is 38.9 Å². The Labute approximate surface area is 435 Å². The minimum atomic E-state index is -0.928. The smallest absolute Gasteiger partial charge is 0.163 e. The largest absolute Gasteiger partial charge is 0.411 e. The lowest BCUT2D eigenvalue weighted by molar-refractivity contribution is -0.405. The molecule has 2 aliphatic heterocycles. The molecule has 0 aromatic heterocycles. The second-order valence-corrected chi connectivity index (χ2v) is 26.1. The van der Waals surface area contributed by atoms with Crippen LogP contribution in [0.4, 0.5) is 0 Å². The monoisotopic (exact) mass is 1030 g/mol. The SMILES string of the molecule is COCO[C@@H]1C[C@]2(C)[C@@H](/C=N/O)CC[C@]2(OCOC)C2CC[C@]3(O)C[C@@H](C)C[C@H]4OC(C)(C)OC[C@]43C21.COCO[C@@H]1C[C@]2(C)[C@@H](C#N)CC[C@]2(OCOC)C2CC[C@]3(O)C[C@@H](C)C[C@H]4OC(C)(C)OC[C@]43C21. The molecule has 0 aromatic rings. The van der Waals surface area contributed by atoms with Crippen molar-refractivity contribution in [2.24, 2.45) is 74.2 Å². The van der Waals surface area contributed by atoms with Crippen molar-refractivity contribution in [2.45, 2.75) is 204 Å². The first-order chi connectivity index (χ1) is 34.5. The van der Waals surface area contributed by atoms with Crippen molar-refractivity contribution < 1.29 is 72.3 Å². The molecular weight excluding hydrogens is 941 g/mol. The van der Waals surface area contributed by atoms with E-state index in [0.29, 0.717) is 50.7 Å². The maximum atomic E-state index is 12.5. The van der Waals surface area contributed by atoms with Crippen molar-refractivity contribution in [3.63, 3.8) is 0 Å². The molecule has 2 heterocycles. The standard InChI is InChI=1S/C28H47NO8.C28H45NO7/c1-18-11-22-27(15-35-24(2,3)37-22)23-20(8-9-26(27,30)12-18)28(36-17-33-6)10-7-19(14-29-31)25(28,4)13-21(23)34-16-32-5;1-18-11-22-27(15-34-24(2,3)36-22)23-20(8-9-26(27,30)12-18)28(35-17-32-6)10-7-19(14-29)25(28,4)13-21(23)33-16-31-5/h14,18-23,30-31H,7-13,15-17H2,1-6H3;18-23,30H,7-13,15-17H2,1-6H3/b29-14+;/t2*18-,19+,20?,21+,22+,23?,25+,26-,27+,28-/m00/s1. The van der Waals surface area contributed by atoms with Crippen LogP contribution in [0.5, 0.6) is 0 Å². The Morgan fingerprint density at radius 3 is 1.48 bits per heavy atom. The van der Waals surface area contributed by atoms with Crippen LogP contribution in [-0.2, 0) is 56.8 Å². The quantitative estimate of drug-likeness (QED) is 0.0692. The number of nitriles is 1. The molecule has 20 atom stereocenters. The van der Waals surface area contributed by atoms with E-state index in [1.165, 1.54) is 0 Å². The van der Waals surface area contributed by atoms with Crippen LogP contribution >= 0.6 is 0 Å². The van der Waals surface area contributed by atoms with E-state index in [1.807, 2.05) is 27.7 Å². The van der Waals surface area contributed by atoms with Crippen LogP contribution in [0.1, 0.15) is 145 Å². The number of nitrogens with zero attached hydrogens (tertiary/aromatic N) is 2. The summed E-state index contributed by atoms with van der Waals surface area (Å²) >= 11 is 0. The summed E-state index contributed by atoms with van der Waals surface area (Å²) in [5, 5.41) is 48.2. The van der Waals surface area contributed by atoms with Crippen LogP contribution in [0, 0.1) is 80.3 Å². The predicted octanol–water partition coefficient (Wildman–Crippen LogP) is 7.94. The van der Waals surface area contributed by atoms with Crippen LogP contribution < -0.4 is 0 Å². The molecule has 0 aromatic carbocycles. The lowest BCUT2D eigenvalue weighted by Gasteiger charge is -2.71. The molecule has 8 aliphatic carbocycles. The Bertz CT molecular complexity index is 2020. The molecule has 0 bridgehead atoms. The van der Waals surface area contributed by atoms with Gasteiger partial charge in [0.2, 0.25) is 0 Å². The molecule has 0 amide bonds. The van der Waals surface area contributed by atoms with Crippen molar-refractivity contribution >= 4 is 6.21 Å². The highest BCUT2D eigenvalue weighted by atomic mass is 16.7. The second-order valence-electron chi connectivity index (χ2n) is 26.1. The third kappa shape index (κ3) is 8.45. The van der Waals surface area contributed by atoms with Crippen molar-refractivity contribution in [1.82, 2.24) is 0 Å². The van der Waals surface area contributed by atoms with Gasteiger partial charge in [-0.05, 0) is 141 Å².